The van der Waals surface area contributed by atoms with Gasteiger partial charge >= 0.3 is 5.97 Å². The van der Waals surface area contributed by atoms with Crippen molar-refractivity contribution in [2.24, 2.45) is 5.92 Å². The maximum atomic E-state index is 14.6. The molecule has 0 spiro atoms. The fourth-order valence-electron chi connectivity index (χ4n) is 4.33. The van der Waals surface area contributed by atoms with E-state index in [9.17, 15) is 9.36 Å². The Morgan fingerprint density at radius 2 is 1.08 bits per heavy atom. The smallest absolute Gasteiger partial charge is 0.310 e. The maximum Gasteiger partial charge on any atom is 0.310 e. The molecule has 0 aliphatic rings. The van der Waals surface area contributed by atoms with E-state index in [4.69, 9.17) is 9.26 Å². The third-order valence-corrected chi connectivity index (χ3v) is 9.54. The molecule has 3 atom stereocenters. The second-order valence-corrected chi connectivity index (χ2v) is 12.1. The average molecular weight is 513 g/mol. The summed E-state index contributed by atoms with van der Waals surface area (Å²) in [6.07, 6.45) is 0.669. The van der Waals surface area contributed by atoms with Gasteiger partial charge in [-0.25, -0.2) is 0 Å². The quantitative estimate of drug-likeness (QED) is 0.144. The SMILES string of the molecule is CC(C(Cc1ccccc1)C(=O)OCc1ccccc1)P(=O)(Cc1ccccc1)OCc1ccccc1. The fraction of sp³-hybridized carbons (Fsp3) is 0.219. The minimum atomic E-state index is -3.34. The zero-order valence-electron chi connectivity index (χ0n) is 21.1. The Hall–Kier alpha value is -3.46. The standard InChI is InChI=1S/C32H33O4P/c1-26(37(34,25-30-20-12-5-13-21-30)36-24-29-18-10-4-11-19-29)31(22-27-14-6-2-7-15-27)32(33)35-23-28-16-8-3-9-17-28/h2-21,26,31H,22-25H2,1H3. The van der Waals surface area contributed by atoms with Crippen molar-refractivity contribution in [3.05, 3.63) is 144 Å². The van der Waals surface area contributed by atoms with Crippen LogP contribution >= 0.6 is 7.37 Å². The summed E-state index contributed by atoms with van der Waals surface area (Å²) in [6, 6.07) is 38.8. The number of hydrogen-bond acceptors (Lipinski definition) is 4. The molecule has 4 nitrogen and oxygen atoms in total. The Balaban J connectivity index is 1.61. The van der Waals surface area contributed by atoms with Gasteiger partial charge in [-0.2, -0.15) is 0 Å². The molecular formula is C32H33O4P. The summed E-state index contributed by atoms with van der Waals surface area (Å²) in [5.41, 5.74) is 3.20. The second kappa shape index (κ2) is 13.2. The third-order valence-electron chi connectivity index (χ3n) is 6.57. The molecule has 0 radical (unpaired) electrons. The van der Waals surface area contributed by atoms with Crippen LogP contribution in [0.2, 0.25) is 0 Å². The Kier molecular flexibility index (Phi) is 9.48. The summed E-state index contributed by atoms with van der Waals surface area (Å²) in [7, 11) is -3.34. The van der Waals surface area contributed by atoms with Crippen LogP contribution in [0.5, 0.6) is 0 Å². The average Bonchev–Trinajstić information content (AvgIpc) is 2.95. The highest BCUT2D eigenvalue weighted by Gasteiger charge is 2.41. The number of carbonyl (C=O) groups is 1. The summed E-state index contributed by atoms with van der Waals surface area (Å²) in [4.78, 5) is 13.5. The van der Waals surface area contributed by atoms with Crippen molar-refractivity contribution in [1.82, 2.24) is 0 Å². The minimum absolute atomic E-state index is 0.172. The summed E-state index contributed by atoms with van der Waals surface area (Å²) in [5, 5.41) is 0. The molecule has 0 aliphatic heterocycles. The van der Waals surface area contributed by atoms with E-state index in [0.717, 1.165) is 22.3 Å². The lowest BCUT2D eigenvalue weighted by atomic mass is 9.96. The van der Waals surface area contributed by atoms with Crippen LogP contribution in [0.15, 0.2) is 121 Å². The normalized spacial score (nSPS) is 14.3. The lowest BCUT2D eigenvalue weighted by Crippen LogP contribution is -2.31. The van der Waals surface area contributed by atoms with Crippen LogP contribution in [0.4, 0.5) is 0 Å². The lowest BCUT2D eigenvalue weighted by molar-refractivity contribution is -0.150. The largest absolute Gasteiger partial charge is 0.461 e. The van der Waals surface area contributed by atoms with Crippen LogP contribution in [0.3, 0.4) is 0 Å². The topological polar surface area (TPSA) is 52.6 Å². The number of esters is 1. The Labute approximate surface area is 219 Å². The molecular weight excluding hydrogens is 479 g/mol. The minimum Gasteiger partial charge on any atom is -0.461 e. The van der Waals surface area contributed by atoms with Crippen molar-refractivity contribution >= 4 is 13.3 Å². The van der Waals surface area contributed by atoms with Crippen LogP contribution in [0, 0.1) is 5.92 Å². The number of carbonyl (C=O) groups excluding carboxylic acids is 1. The van der Waals surface area contributed by atoms with Gasteiger partial charge in [-0.1, -0.05) is 128 Å². The van der Waals surface area contributed by atoms with Crippen molar-refractivity contribution in [3.8, 4) is 0 Å². The molecule has 0 aromatic heterocycles. The van der Waals surface area contributed by atoms with E-state index in [-0.39, 0.29) is 25.3 Å². The molecule has 4 aromatic carbocycles. The van der Waals surface area contributed by atoms with Crippen molar-refractivity contribution in [1.29, 1.82) is 0 Å². The number of benzene rings is 4. The number of hydrogen-bond donors (Lipinski definition) is 0. The van der Waals surface area contributed by atoms with Gasteiger partial charge in [0.05, 0.1) is 18.7 Å². The van der Waals surface area contributed by atoms with E-state index in [1.54, 1.807) is 0 Å². The first kappa shape index (κ1) is 26.6. The van der Waals surface area contributed by atoms with Gasteiger partial charge in [0.15, 0.2) is 0 Å². The Bertz CT molecular complexity index is 1280. The van der Waals surface area contributed by atoms with Crippen molar-refractivity contribution in [3.63, 3.8) is 0 Å². The van der Waals surface area contributed by atoms with Crippen LogP contribution in [0.25, 0.3) is 0 Å². The molecule has 0 saturated heterocycles. The molecule has 37 heavy (non-hydrogen) atoms. The molecule has 4 rings (SSSR count). The molecule has 3 unspecified atom stereocenters. The summed E-state index contributed by atoms with van der Waals surface area (Å²) in [6.45, 7) is 2.25. The molecule has 0 heterocycles. The van der Waals surface area contributed by atoms with Gasteiger partial charge in [-0.15, -0.1) is 0 Å². The van der Waals surface area contributed by atoms with E-state index in [1.807, 2.05) is 128 Å². The first-order chi connectivity index (χ1) is 18.0. The molecule has 5 heteroatoms. The highest BCUT2D eigenvalue weighted by atomic mass is 31.2. The van der Waals surface area contributed by atoms with Gasteiger partial charge in [0.2, 0.25) is 7.37 Å². The van der Waals surface area contributed by atoms with Crippen LogP contribution < -0.4 is 0 Å². The fourth-order valence-corrected chi connectivity index (χ4v) is 6.81. The van der Waals surface area contributed by atoms with Gasteiger partial charge in [0, 0.05) is 5.66 Å². The van der Waals surface area contributed by atoms with Gasteiger partial charge in [-0.3, -0.25) is 9.36 Å². The van der Waals surface area contributed by atoms with E-state index < -0.39 is 18.9 Å². The van der Waals surface area contributed by atoms with E-state index >= 15 is 0 Å². The molecule has 4 aromatic rings. The molecule has 0 saturated carbocycles. The molecule has 0 N–H and O–H groups in total. The molecule has 0 aliphatic carbocycles. The molecule has 0 fully saturated rings. The van der Waals surface area contributed by atoms with E-state index in [0.29, 0.717) is 6.42 Å². The zero-order chi connectivity index (χ0) is 25.9. The number of rotatable bonds is 12. The predicted octanol–water partition coefficient (Wildman–Crippen LogP) is 7.67. The second-order valence-electron chi connectivity index (χ2n) is 9.26. The third kappa shape index (κ3) is 7.76. The lowest BCUT2D eigenvalue weighted by Gasteiger charge is -2.30. The Morgan fingerprint density at radius 1 is 0.649 bits per heavy atom. The summed E-state index contributed by atoms with van der Waals surface area (Å²) >= 11 is 0. The highest BCUT2D eigenvalue weighted by molar-refractivity contribution is 7.59. The molecule has 0 amide bonds. The van der Waals surface area contributed by atoms with Gasteiger partial charge in [0.25, 0.3) is 0 Å². The predicted molar refractivity (Wildman–Crippen MR) is 148 cm³/mol. The van der Waals surface area contributed by atoms with Crippen molar-refractivity contribution in [2.45, 2.75) is 38.4 Å². The zero-order valence-corrected chi connectivity index (χ0v) is 22.0. The van der Waals surface area contributed by atoms with Crippen LogP contribution in [-0.4, -0.2) is 11.6 Å². The molecule has 190 valence electrons. The van der Waals surface area contributed by atoms with Crippen molar-refractivity contribution in [2.75, 3.05) is 0 Å². The van der Waals surface area contributed by atoms with Gasteiger partial charge in [0.1, 0.15) is 6.61 Å². The summed E-state index contributed by atoms with van der Waals surface area (Å²) in [5.74, 6) is -0.992. The molecule has 0 bridgehead atoms. The monoisotopic (exact) mass is 512 g/mol. The highest BCUT2D eigenvalue weighted by Crippen LogP contribution is 2.58. The van der Waals surface area contributed by atoms with Crippen LogP contribution in [-0.2, 0) is 44.4 Å². The van der Waals surface area contributed by atoms with E-state index in [2.05, 4.69) is 0 Å². The first-order valence-electron chi connectivity index (χ1n) is 12.6. The Morgan fingerprint density at radius 3 is 1.59 bits per heavy atom. The van der Waals surface area contributed by atoms with Crippen molar-refractivity contribution < 1.29 is 18.6 Å². The number of ether oxygens (including phenoxy) is 1. The van der Waals surface area contributed by atoms with Gasteiger partial charge < -0.3 is 9.26 Å². The maximum absolute atomic E-state index is 14.6. The summed E-state index contributed by atoms with van der Waals surface area (Å²) < 4.78 is 26.7. The van der Waals surface area contributed by atoms with Crippen LogP contribution in [0.1, 0.15) is 29.2 Å². The first-order valence-corrected chi connectivity index (χ1v) is 14.5. The van der Waals surface area contributed by atoms with E-state index in [1.165, 1.54) is 0 Å². The van der Waals surface area contributed by atoms with Gasteiger partial charge in [-0.05, 0) is 28.7 Å².